The lowest BCUT2D eigenvalue weighted by molar-refractivity contribution is -0.121. The second kappa shape index (κ2) is 5.82. The van der Waals surface area contributed by atoms with Gasteiger partial charge < -0.3 is 10.1 Å². The molecule has 4 fully saturated rings. The van der Waals surface area contributed by atoms with Crippen molar-refractivity contribution in [3.05, 3.63) is 0 Å². The van der Waals surface area contributed by atoms with Crippen molar-refractivity contribution >= 4 is 22.8 Å². The van der Waals surface area contributed by atoms with Crippen molar-refractivity contribution in [2.45, 2.75) is 62.7 Å². The summed E-state index contributed by atoms with van der Waals surface area (Å²) in [7, 11) is 0. The average molecular weight is 322 g/mol. The Balaban J connectivity index is 1.41. The molecule has 1 N–H and O–H groups in total. The molecule has 0 aromatic rings. The summed E-state index contributed by atoms with van der Waals surface area (Å²) in [6, 6.07) is 0.465. The summed E-state index contributed by atoms with van der Waals surface area (Å²) in [5, 5.41) is 3.95. The average Bonchev–Trinajstić information content (AvgIpc) is 3.16. The van der Waals surface area contributed by atoms with Crippen molar-refractivity contribution in [2.75, 3.05) is 13.2 Å². The van der Waals surface area contributed by atoms with E-state index >= 15 is 0 Å². The lowest BCUT2D eigenvalue weighted by Crippen LogP contribution is -2.36. The fourth-order valence-corrected chi connectivity index (χ4v) is 5.95. The lowest BCUT2D eigenvalue weighted by atomic mass is 9.89. The van der Waals surface area contributed by atoms with Gasteiger partial charge in [0.05, 0.1) is 10.8 Å². The van der Waals surface area contributed by atoms with Crippen LogP contribution in [-0.2, 0) is 9.53 Å². The van der Waals surface area contributed by atoms with E-state index in [0.717, 1.165) is 49.5 Å². The summed E-state index contributed by atoms with van der Waals surface area (Å²) in [4.78, 5) is 17.4. The summed E-state index contributed by atoms with van der Waals surface area (Å²) in [6.07, 6.45) is 8.45. The van der Waals surface area contributed by atoms with Gasteiger partial charge in [0.1, 0.15) is 0 Å². The number of ether oxygens (including phenoxy) is 1. The van der Waals surface area contributed by atoms with Crippen LogP contribution in [0.3, 0.4) is 0 Å². The highest BCUT2D eigenvalue weighted by Crippen LogP contribution is 2.47. The molecular weight excluding hydrogens is 296 g/mol. The van der Waals surface area contributed by atoms with Gasteiger partial charge in [0.25, 0.3) is 0 Å². The fraction of sp³-hybridized carbons (Fsp3) is 0.882. The van der Waals surface area contributed by atoms with Crippen LogP contribution in [0, 0.1) is 17.8 Å². The molecule has 0 aromatic heterocycles. The molecule has 0 radical (unpaired) electrons. The van der Waals surface area contributed by atoms with Crippen LogP contribution in [0.4, 0.5) is 0 Å². The first-order chi connectivity index (χ1) is 10.6. The maximum absolute atomic E-state index is 12.5. The minimum atomic E-state index is -0.335. The predicted octanol–water partition coefficient (Wildman–Crippen LogP) is 2.97. The summed E-state index contributed by atoms with van der Waals surface area (Å²) in [6.45, 7) is 3.78. The first-order valence-electron chi connectivity index (χ1n) is 8.78. The van der Waals surface area contributed by atoms with E-state index in [9.17, 15) is 4.79 Å². The SMILES string of the molecule is CC1(CC2CCOCC2)SC(=N[C@H]2C[C@@H]3CC[C@H]2C3)NC1=O. The predicted molar refractivity (Wildman–Crippen MR) is 89.0 cm³/mol. The molecule has 0 aromatic carbocycles. The molecule has 4 aliphatic rings. The maximum Gasteiger partial charge on any atom is 0.242 e. The van der Waals surface area contributed by atoms with Crippen molar-refractivity contribution in [2.24, 2.45) is 22.7 Å². The van der Waals surface area contributed by atoms with E-state index in [0.29, 0.717) is 12.0 Å². The maximum atomic E-state index is 12.5. The first-order valence-corrected chi connectivity index (χ1v) is 9.60. The number of nitrogens with zero attached hydrogens (tertiary/aromatic N) is 1. The Labute approximate surface area is 136 Å². The molecule has 4 rings (SSSR count). The van der Waals surface area contributed by atoms with Gasteiger partial charge in [0.2, 0.25) is 5.91 Å². The van der Waals surface area contributed by atoms with Crippen molar-refractivity contribution in [1.29, 1.82) is 0 Å². The molecule has 1 unspecified atom stereocenters. The van der Waals surface area contributed by atoms with Crippen molar-refractivity contribution in [3.8, 4) is 0 Å². The highest BCUT2D eigenvalue weighted by molar-refractivity contribution is 8.16. The second-order valence-electron chi connectivity index (χ2n) is 7.72. The van der Waals surface area contributed by atoms with Crippen LogP contribution >= 0.6 is 11.8 Å². The monoisotopic (exact) mass is 322 g/mol. The Morgan fingerprint density at radius 2 is 2.09 bits per heavy atom. The molecule has 1 amide bonds. The third kappa shape index (κ3) is 2.82. The minimum absolute atomic E-state index is 0.158. The molecule has 2 aliphatic heterocycles. The highest BCUT2D eigenvalue weighted by Gasteiger charge is 2.45. The Bertz CT molecular complexity index is 489. The molecule has 2 saturated carbocycles. The van der Waals surface area contributed by atoms with E-state index in [1.807, 2.05) is 0 Å². The first kappa shape index (κ1) is 15.0. The quantitative estimate of drug-likeness (QED) is 0.869. The zero-order chi connectivity index (χ0) is 15.2. The van der Waals surface area contributed by atoms with Crippen LogP contribution in [0.25, 0.3) is 0 Å². The molecule has 122 valence electrons. The van der Waals surface area contributed by atoms with Crippen LogP contribution in [-0.4, -0.2) is 35.1 Å². The van der Waals surface area contributed by atoms with E-state index in [2.05, 4.69) is 12.2 Å². The molecule has 4 nitrogen and oxygen atoms in total. The van der Waals surface area contributed by atoms with Crippen LogP contribution in [0.2, 0.25) is 0 Å². The number of thioether (sulfide) groups is 1. The molecule has 2 heterocycles. The number of amidine groups is 1. The number of fused-ring (bicyclic) bond motifs is 2. The van der Waals surface area contributed by atoms with Crippen molar-refractivity contribution in [1.82, 2.24) is 5.32 Å². The topological polar surface area (TPSA) is 50.7 Å². The third-order valence-electron chi connectivity index (χ3n) is 6.03. The largest absolute Gasteiger partial charge is 0.381 e. The summed E-state index contributed by atoms with van der Waals surface area (Å²) in [5.74, 6) is 2.44. The molecule has 2 bridgehead atoms. The molecule has 5 heteroatoms. The van der Waals surface area contributed by atoms with Gasteiger partial charge in [-0.05, 0) is 63.2 Å². The molecule has 4 atom stereocenters. The Hall–Kier alpha value is -0.550. The third-order valence-corrected chi connectivity index (χ3v) is 7.23. The molecule has 0 spiro atoms. The van der Waals surface area contributed by atoms with Gasteiger partial charge in [0.15, 0.2) is 5.17 Å². The smallest absolute Gasteiger partial charge is 0.242 e. The number of aliphatic imine (C=N–C) groups is 1. The van der Waals surface area contributed by atoms with E-state index in [-0.39, 0.29) is 10.7 Å². The standard InChI is InChI=1S/C17H26N2O2S/c1-17(10-11-4-6-21-7-5-11)15(20)19-16(22-17)18-14-9-12-2-3-13(14)8-12/h11-14H,2-10H2,1H3,(H,18,19,20)/t12-,13+,14+,17?/m1/s1. The zero-order valence-corrected chi connectivity index (χ0v) is 14.2. The van der Waals surface area contributed by atoms with Crippen LogP contribution in [0.5, 0.6) is 0 Å². The lowest BCUT2D eigenvalue weighted by Gasteiger charge is -2.28. The Morgan fingerprint density at radius 1 is 1.27 bits per heavy atom. The van der Waals surface area contributed by atoms with Gasteiger partial charge in [-0.25, -0.2) is 0 Å². The zero-order valence-electron chi connectivity index (χ0n) is 13.3. The number of nitrogens with one attached hydrogen (secondary N) is 1. The number of hydrogen-bond acceptors (Lipinski definition) is 4. The van der Waals surface area contributed by atoms with Gasteiger partial charge in [-0.1, -0.05) is 18.2 Å². The Kier molecular flexibility index (Phi) is 3.97. The molecular formula is C17H26N2O2S. The number of carbonyl (C=O) groups is 1. The summed E-state index contributed by atoms with van der Waals surface area (Å²) < 4.78 is 5.10. The summed E-state index contributed by atoms with van der Waals surface area (Å²) in [5.41, 5.74) is 0. The van der Waals surface area contributed by atoms with E-state index in [1.165, 1.54) is 25.7 Å². The van der Waals surface area contributed by atoms with Gasteiger partial charge in [0, 0.05) is 13.2 Å². The van der Waals surface area contributed by atoms with E-state index < -0.39 is 0 Å². The van der Waals surface area contributed by atoms with Crippen LogP contribution in [0.15, 0.2) is 4.99 Å². The normalized spacial score (nSPS) is 44.0. The summed E-state index contributed by atoms with van der Waals surface area (Å²) >= 11 is 1.68. The molecule has 22 heavy (non-hydrogen) atoms. The van der Waals surface area contributed by atoms with Gasteiger partial charge in [-0.3, -0.25) is 9.79 Å². The molecule has 2 saturated heterocycles. The van der Waals surface area contributed by atoms with E-state index in [4.69, 9.17) is 9.73 Å². The van der Waals surface area contributed by atoms with Gasteiger partial charge >= 0.3 is 0 Å². The number of carbonyl (C=O) groups excluding carboxylic acids is 1. The number of hydrogen-bond donors (Lipinski definition) is 1. The van der Waals surface area contributed by atoms with E-state index in [1.54, 1.807) is 11.8 Å². The number of amides is 1. The van der Waals surface area contributed by atoms with Crippen LogP contribution in [0.1, 0.15) is 51.9 Å². The highest BCUT2D eigenvalue weighted by atomic mass is 32.2. The minimum Gasteiger partial charge on any atom is -0.381 e. The Morgan fingerprint density at radius 3 is 2.77 bits per heavy atom. The van der Waals surface area contributed by atoms with Crippen LogP contribution < -0.4 is 5.32 Å². The van der Waals surface area contributed by atoms with Gasteiger partial charge in [-0.2, -0.15) is 0 Å². The number of rotatable bonds is 3. The van der Waals surface area contributed by atoms with Crippen molar-refractivity contribution < 1.29 is 9.53 Å². The van der Waals surface area contributed by atoms with Crippen molar-refractivity contribution in [3.63, 3.8) is 0 Å². The second-order valence-corrected chi connectivity index (χ2v) is 9.22. The van der Waals surface area contributed by atoms with Gasteiger partial charge in [-0.15, -0.1) is 0 Å². The molecule has 2 aliphatic carbocycles. The fourth-order valence-electron chi connectivity index (χ4n) is 4.73.